The lowest BCUT2D eigenvalue weighted by molar-refractivity contribution is -0.151. The molecule has 0 spiro atoms. The van der Waals surface area contributed by atoms with Gasteiger partial charge in [-0.05, 0) is 6.92 Å². The maximum Gasteiger partial charge on any atom is 0.303 e. The van der Waals surface area contributed by atoms with Crippen LogP contribution in [0.3, 0.4) is 0 Å². The second-order valence-corrected chi connectivity index (χ2v) is 1.65. The Morgan fingerprint density at radius 2 is 2.00 bits per heavy atom. The highest BCUT2D eigenvalue weighted by Gasteiger charge is 2.09. The Morgan fingerprint density at radius 3 is 2.11 bits per heavy atom. The summed E-state index contributed by atoms with van der Waals surface area (Å²) in [6, 6.07) is 0. The summed E-state index contributed by atoms with van der Waals surface area (Å²) in [5.74, 6) is -1.13. The molecule has 0 rings (SSSR count). The van der Waals surface area contributed by atoms with Gasteiger partial charge in [0.1, 0.15) is 0 Å². The fourth-order valence-electron chi connectivity index (χ4n) is 0.307. The van der Waals surface area contributed by atoms with Crippen LogP contribution in [0.5, 0.6) is 0 Å². The van der Waals surface area contributed by atoms with Crippen molar-refractivity contribution < 1.29 is 14.3 Å². The number of nitrogens with two attached hydrogens (primary N) is 1. The van der Waals surface area contributed by atoms with Crippen molar-refractivity contribution in [1.82, 2.24) is 0 Å². The number of carbonyl (C=O) groups excluding carboxylic acids is 2. The summed E-state index contributed by atoms with van der Waals surface area (Å²) in [6.07, 6.45) is -0.817. The normalized spacial score (nSPS) is 12.2. The summed E-state index contributed by atoms with van der Waals surface area (Å²) in [5, 5.41) is 0. The summed E-state index contributed by atoms with van der Waals surface area (Å²) >= 11 is 0. The van der Waals surface area contributed by atoms with Gasteiger partial charge in [-0.2, -0.15) is 0 Å². The van der Waals surface area contributed by atoms with Crippen molar-refractivity contribution in [3.05, 3.63) is 0 Å². The molecule has 52 valence electrons. The molecule has 0 bridgehead atoms. The Hall–Kier alpha value is -1.06. The maximum atomic E-state index is 10.2. The summed E-state index contributed by atoms with van der Waals surface area (Å²) in [7, 11) is 0. The molecule has 4 heteroatoms. The summed E-state index contributed by atoms with van der Waals surface area (Å²) in [4.78, 5) is 20.3. The van der Waals surface area contributed by atoms with Gasteiger partial charge in [-0.15, -0.1) is 0 Å². The molecular weight excluding hydrogens is 122 g/mol. The average Bonchev–Trinajstić information content (AvgIpc) is 1.63. The predicted molar refractivity (Wildman–Crippen MR) is 30.4 cm³/mol. The van der Waals surface area contributed by atoms with Crippen molar-refractivity contribution in [3.8, 4) is 0 Å². The Labute approximate surface area is 53.0 Å². The molecule has 0 aliphatic rings. The number of rotatable bonds is 2. The van der Waals surface area contributed by atoms with Gasteiger partial charge in [-0.1, -0.05) is 0 Å². The van der Waals surface area contributed by atoms with Crippen molar-refractivity contribution in [2.75, 3.05) is 0 Å². The summed E-state index contributed by atoms with van der Waals surface area (Å²) < 4.78 is 4.40. The van der Waals surface area contributed by atoms with Crippen LogP contribution >= 0.6 is 0 Å². The number of ether oxygens (including phenoxy) is 1. The van der Waals surface area contributed by atoms with Crippen LogP contribution in [0.4, 0.5) is 0 Å². The molecule has 2 N–H and O–H groups in total. The van der Waals surface area contributed by atoms with Crippen molar-refractivity contribution in [2.45, 2.75) is 20.0 Å². The quantitative estimate of drug-likeness (QED) is 0.510. The standard InChI is InChI=1S/C5H9NO3/c1-3(5(6)8)9-4(2)7/h3H,1-2H3,(H2,6,8)/t3-/m0/s1. The van der Waals surface area contributed by atoms with E-state index in [1.165, 1.54) is 13.8 Å². The average molecular weight is 131 g/mol. The third-order valence-corrected chi connectivity index (χ3v) is 0.743. The zero-order valence-corrected chi connectivity index (χ0v) is 5.38. The van der Waals surface area contributed by atoms with Crippen molar-refractivity contribution in [2.24, 2.45) is 5.73 Å². The lowest BCUT2D eigenvalue weighted by Crippen LogP contribution is -2.29. The van der Waals surface area contributed by atoms with E-state index < -0.39 is 18.0 Å². The van der Waals surface area contributed by atoms with E-state index in [1.807, 2.05) is 0 Å². The second kappa shape index (κ2) is 3.06. The first-order valence-electron chi connectivity index (χ1n) is 2.50. The highest BCUT2D eigenvalue weighted by Crippen LogP contribution is 1.87. The third-order valence-electron chi connectivity index (χ3n) is 0.743. The largest absolute Gasteiger partial charge is 0.453 e. The molecule has 0 unspecified atom stereocenters. The first kappa shape index (κ1) is 7.94. The highest BCUT2D eigenvalue weighted by molar-refractivity contribution is 5.81. The van der Waals surface area contributed by atoms with Crippen LogP contribution in [0.15, 0.2) is 0 Å². The van der Waals surface area contributed by atoms with E-state index in [0.717, 1.165) is 0 Å². The van der Waals surface area contributed by atoms with Gasteiger partial charge in [0.25, 0.3) is 5.91 Å². The minimum atomic E-state index is -0.817. The first-order chi connectivity index (χ1) is 4.04. The molecule has 0 aliphatic heterocycles. The molecule has 0 heterocycles. The minimum Gasteiger partial charge on any atom is -0.453 e. The molecule has 1 atom stereocenters. The molecular formula is C5H9NO3. The summed E-state index contributed by atoms with van der Waals surface area (Å²) in [5.41, 5.74) is 4.77. The van der Waals surface area contributed by atoms with Gasteiger partial charge in [-0.3, -0.25) is 9.59 Å². The SMILES string of the molecule is CC(=O)O[C@@H](C)C(N)=O. The first-order valence-corrected chi connectivity index (χ1v) is 2.50. The van der Waals surface area contributed by atoms with Crippen LogP contribution in [0.1, 0.15) is 13.8 Å². The van der Waals surface area contributed by atoms with Gasteiger partial charge < -0.3 is 10.5 Å². The van der Waals surface area contributed by atoms with Gasteiger partial charge in [0.15, 0.2) is 6.10 Å². The number of hydrogen-bond acceptors (Lipinski definition) is 3. The molecule has 9 heavy (non-hydrogen) atoms. The molecule has 0 saturated heterocycles. The smallest absolute Gasteiger partial charge is 0.303 e. The lowest BCUT2D eigenvalue weighted by Gasteiger charge is -2.05. The Kier molecular flexibility index (Phi) is 2.70. The van der Waals surface area contributed by atoms with Crippen molar-refractivity contribution in [1.29, 1.82) is 0 Å². The van der Waals surface area contributed by atoms with Gasteiger partial charge in [0.05, 0.1) is 0 Å². The van der Waals surface area contributed by atoms with Crippen molar-refractivity contribution >= 4 is 11.9 Å². The van der Waals surface area contributed by atoms with E-state index in [2.05, 4.69) is 4.74 Å². The van der Waals surface area contributed by atoms with E-state index in [9.17, 15) is 9.59 Å². The Bertz CT molecular complexity index is 132. The van der Waals surface area contributed by atoms with E-state index in [4.69, 9.17) is 5.73 Å². The minimum absolute atomic E-state index is 0.499. The van der Waals surface area contributed by atoms with E-state index >= 15 is 0 Å². The highest BCUT2D eigenvalue weighted by atomic mass is 16.5. The van der Waals surface area contributed by atoms with Gasteiger partial charge in [0, 0.05) is 6.92 Å². The van der Waals surface area contributed by atoms with Crippen molar-refractivity contribution in [3.63, 3.8) is 0 Å². The Morgan fingerprint density at radius 1 is 1.56 bits per heavy atom. The predicted octanol–water partition coefficient (Wildman–Crippen LogP) is -0.577. The zero-order chi connectivity index (χ0) is 7.44. The molecule has 0 saturated carbocycles. The number of carbonyl (C=O) groups is 2. The van der Waals surface area contributed by atoms with Crippen LogP contribution in [0.2, 0.25) is 0 Å². The van der Waals surface area contributed by atoms with Gasteiger partial charge >= 0.3 is 5.97 Å². The fourth-order valence-corrected chi connectivity index (χ4v) is 0.307. The second-order valence-electron chi connectivity index (χ2n) is 1.65. The van der Waals surface area contributed by atoms with Crippen LogP contribution in [-0.4, -0.2) is 18.0 Å². The molecule has 0 aromatic rings. The number of hydrogen-bond donors (Lipinski definition) is 1. The van der Waals surface area contributed by atoms with Gasteiger partial charge in [-0.25, -0.2) is 0 Å². The Balaban J connectivity index is 3.63. The van der Waals surface area contributed by atoms with E-state index in [1.54, 1.807) is 0 Å². The van der Waals surface area contributed by atoms with Crippen LogP contribution in [-0.2, 0) is 14.3 Å². The molecule has 0 aromatic heterocycles. The third kappa shape index (κ3) is 3.52. The summed E-state index contributed by atoms with van der Waals surface area (Å²) in [6.45, 7) is 2.64. The topological polar surface area (TPSA) is 69.4 Å². The van der Waals surface area contributed by atoms with Crippen LogP contribution in [0.25, 0.3) is 0 Å². The molecule has 0 fully saturated rings. The molecule has 0 aliphatic carbocycles. The molecule has 0 aromatic carbocycles. The van der Waals surface area contributed by atoms with E-state index in [0.29, 0.717) is 0 Å². The maximum absolute atomic E-state index is 10.2. The number of amides is 1. The lowest BCUT2D eigenvalue weighted by atomic mass is 10.4. The molecule has 0 radical (unpaired) electrons. The number of esters is 1. The fraction of sp³-hybridized carbons (Fsp3) is 0.600. The number of primary amides is 1. The van der Waals surface area contributed by atoms with Crippen LogP contribution in [0, 0.1) is 0 Å². The zero-order valence-electron chi connectivity index (χ0n) is 5.38. The van der Waals surface area contributed by atoms with Gasteiger partial charge in [0.2, 0.25) is 0 Å². The molecule has 4 nitrogen and oxygen atoms in total. The van der Waals surface area contributed by atoms with E-state index in [-0.39, 0.29) is 0 Å². The monoisotopic (exact) mass is 131 g/mol. The van der Waals surface area contributed by atoms with Crippen LogP contribution < -0.4 is 5.73 Å². The molecule has 1 amide bonds.